The van der Waals surface area contributed by atoms with Gasteiger partial charge in [0.05, 0.1) is 0 Å². The van der Waals surface area contributed by atoms with Gasteiger partial charge >= 0.3 is 6.55 Å². The van der Waals surface area contributed by atoms with Crippen LogP contribution in [-0.2, 0) is 0 Å². The van der Waals surface area contributed by atoms with E-state index < -0.39 is 6.55 Å². The molecule has 0 fully saturated rings. The van der Waals surface area contributed by atoms with Gasteiger partial charge in [0, 0.05) is 0 Å². The minimum atomic E-state index is -2.65. The molecule has 0 unspecified atom stereocenters. The lowest BCUT2D eigenvalue weighted by molar-refractivity contribution is 0.0474. The van der Waals surface area contributed by atoms with Crippen molar-refractivity contribution in [2.75, 3.05) is 6.26 Å². The number of hydrogen-bond donors (Lipinski definition) is 0. The van der Waals surface area contributed by atoms with Crippen LogP contribution in [0, 0.1) is 6.20 Å². The summed E-state index contributed by atoms with van der Waals surface area (Å²) in [6, 6.07) is 0. The van der Waals surface area contributed by atoms with Gasteiger partial charge < -0.3 is 0 Å². The molecule has 0 N–H and O–H groups in total. The van der Waals surface area contributed by atoms with Crippen LogP contribution in [0.1, 0.15) is 6.55 Å². The summed E-state index contributed by atoms with van der Waals surface area (Å²) in [7, 11) is 0. The molecule has 0 spiro atoms. The van der Waals surface area contributed by atoms with E-state index in [4.69, 9.17) is 11.6 Å². The molecule has 0 atom stereocenters. The fourth-order valence-corrected chi connectivity index (χ4v) is 1.50. The van der Waals surface area contributed by atoms with E-state index in [9.17, 15) is 8.78 Å². The Kier molecular flexibility index (Phi) is 2.72. The van der Waals surface area contributed by atoms with Crippen LogP contribution in [0.25, 0.3) is 0 Å². The van der Waals surface area contributed by atoms with Crippen molar-refractivity contribution in [1.29, 1.82) is 0 Å². The van der Waals surface area contributed by atoms with E-state index in [0.29, 0.717) is 4.68 Å². The second kappa shape index (κ2) is 3.40. The molecule has 61 valence electrons. The Morgan fingerprint density at radius 1 is 1.73 bits per heavy atom. The van der Waals surface area contributed by atoms with Gasteiger partial charge in [-0.1, -0.05) is 11.6 Å². The van der Waals surface area contributed by atoms with Crippen LogP contribution in [0.4, 0.5) is 8.78 Å². The number of hydrogen-bond acceptors (Lipinski definition) is 2. The first-order chi connectivity index (χ1) is 5.16. The van der Waals surface area contributed by atoms with Crippen LogP contribution in [0.2, 0.25) is 5.02 Å². The highest BCUT2D eigenvalue weighted by molar-refractivity contribution is 7.98. The van der Waals surface area contributed by atoms with Gasteiger partial charge in [0.15, 0.2) is 0 Å². The van der Waals surface area contributed by atoms with Gasteiger partial charge in [0.1, 0.15) is 16.2 Å². The molecule has 0 saturated heterocycles. The second-order valence-electron chi connectivity index (χ2n) is 1.66. The zero-order chi connectivity index (χ0) is 8.43. The summed E-state index contributed by atoms with van der Waals surface area (Å²) in [5, 5.41) is 3.65. The average molecular weight is 198 g/mol. The first-order valence-corrected chi connectivity index (χ1v) is 4.25. The lowest BCUT2D eigenvalue weighted by atomic mass is 10.7. The van der Waals surface area contributed by atoms with Crippen molar-refractivity contribution < 1.29 is 8.78 Å². The maximum absolute atomic E-state index is 12.0. The minimum Gasteiger partial charge on any atom is -0.195 e. The molecule has 1 heterocycles. The van der Waals surface area contributed by atoms with Gasteiger partial charge in [0.2, 0.25) is 0 Å². The van der Waals surface area contributed by atoms with E-state index in [-0.39, 0.29) is 10.0 Å². The Labute approximate surface area is 71.5 Å². The lowest BCUT2D eigenvalue weighted by Gasteiger charge is -2.01. The molecule has 2 nitrogen and oxygen atoms in total. The molecule has 0 aromatic carbocycles. The lowest BCUT2D eigenvalue weighted by Crippen LogP contribution is -2.00. The van der Waals surface area contributed by atoms with Gasteiger partial charge in [-0.2, -0.15) is 18.6 Å². The summed E-state index contributed by atoms with van der Waals surface area (Å²) in [5.41, 5.74) is 0. The van der Waals surface area contributed by atoms with Crippen molar-refractivity contribution in [2.24, 2.45) is 0 Å². The maximum Gasteiger partial charge on any atom is 0.334 e. The largest absolute Gasteiger partial charge is 0.334 e. The molecule has 1 aromatic rings. The summed E-state index contributed by atoms with van der Waals surface area (Å²) in [4.78, 5) is 0. The first kappa shape index (κ1) is 8.80. The van der Waals surface area contributed by atoms with E-state index in [1.165, 1.54) is 0 Å². The van der Waals surface area contributed by atoms with Crippen LogP contribution in [0.15, 0.2) is 5.03 Å². The standard InChI is InChI=1S/C5H4ClF2N2S/c1-11-4-3(6)2-9-10(4)5(7)8/h5H,1H3. The first-order valence-electron chi connectivity index (χ1n) is 2.64. The highest BCUT2D eigenvalue weighted by Crippen LogP contribution is 2.27. The molecule has 11 heavy (non-hydrogen) atoms. The fraction of sp³-hybridized carbons (Fsp3) is 0.400. The topological polar surface area (TPSA) is 17.8 Å². The quantitative estimate of drug-likeness (QED) is 0.678. The van der Waals surface area contributed by atoms with E-state index >= 15 is 0 Å². The molecular weight excluding hydrogens is 194 g/mol. The number of nitrogens with zero attached hydrogens (tertiary/aromatic N) is 2. The van der Waals surface area contributed by atoms with E-state index in [1.54, 1.807) is 6.26 Å². The number of aromatic nitrogens is 2. The monoisotopic (exact) mass is 197 g/mol. The van der Waals surface area contributed by atoms with Crippen molar-refractivity contribution in [3.63, 3.8) is 0 Å². The summed E-state index contributed by atoms with van der Waals surface area (Å²) < 4.78 is 24.6. The highest BCUT2D eigenvalue weighted by atomic mass is 35.5. The predicted molar refractivity (Wildman–Crippen MR) is 39.1 cm³/mol. The van der Waals surface area contributed by atoms with E-state index in [0.717, 1.165) is 11.8 Å². The van der Waals surface area contributed by atoms with E-state index in [2.05, 4.69) is 11.3 Å². The molecule has 0 aliphatic rings. The Bertz CT molecular complexity index is 251. The summed E-state index contributed by atoms with van der Waals surface area (Å²) in [6.45, 7) is -2.65. The average Bonchev–Trinajstić information content (AvgIpc) is 2.30. The van der Waals surface area contributed by atoms with Gasteiger partial charge in [-0.15, -0.1) is 11.8 Å². The summed E-state index contributed by atoms with van der Waals surface area (Å²) >= 11 is 6.61. The van der Waals surface area contributed by atoms with Crippen LogP contribution in [0.3, 0.4) is 0 Å². The molecule has 1 radical (unpaired) electrons. The van der Waals surface area contributed by atoms with Crippen LogP contribution < -0.4 is 0 Å². The second-order valence-corrected chi connectivity index (χ2v) is 2.83. The molecule has 0 saturated carbocycles. The Morgan fingerprint density at radius 3 is 2.73 bits per heavy atom. The van der Waals surface area contributed by atoms with Crippen molar-refractivity contribution >= 4 is 23.4 Å². The number of halogens is 3. The molecule has 0 aliphatic heterocycles. The maximum atomic E-state index is 12.0. The van der Waals surface area contributed by atoms with Crippen molar-refractivity contribution in [3.05, 3.63) is 11.2 Å². The van der Waals surface area contributed by atoms with Crippen molar-refractivity contribution in [1.82, 2.24) is 9.78 Å². The minimum absolute atomic E-state index is 0.137. The summed E-state index contributed by atoms with van der Waals surface area (Å²) in [6.07, 6.45) is 3.90. The fourth-order valence-electron chi connectivity index (χ4n) is 0.607. The molecule has 0 aliphatic carbocycles. The normalized spacial score (nSPS) is 11.0. The SMILES string of the molecule is CSc1c(Cl)[c]nn1C(F)F. The molecule has 1 rings (SSSR count). The number of rotatable bonds is 2. The third-order valence-electron chi connectivity index (χ3n) is 1.03. The van der Waals surface area contributed by atoms with Gasteiger partial charge in [-0.25, -0.2) is 0 Å². The van der Waals surface area contributed by atoms with Crippen LogP contribution >= 0.6 is 23.4 Å². The third-order valence-corrected chi connectivity index (χ3v) is 2.18. The van der Waals surface area contributed by atoms with Crippen LogP contribution in [0.5, 0.6) is 0 Å². The predicted octanol–water partition coefficient (Wildman–Crippen LogP) is 2.45. The Hall–Kier alpha value is -0.290. The Morgan fingerprint density at radius 2 is 2.36 bits per heavy atom. The van der Waals surface area contributed by atoms with Crippen molar-refractivity contribution in [3.8, 4) is 0 Å². The van der Waals surface area contributed by atoms with Gasteiger partial charge in [-0.3, -0.25) is 0 Å². The van der Waals surface area contributed by atoms with Gasteiger partial charge in [0.25, 0.3) is 0 Å². The van der Waals surface area contributed by atoms with E-state index in [1.807, 2.05) is 0 Å². The molecule has 0 amide bonds. The molecule has 6 heteroatoms. The third kappa shape index (κ3) is 1.65. The highest BCUT2D eigenvalue weighted by Gasteiger charge is 2.14. The number of alkyl halides is 2. The van der Waals surface area contributed by atoms with Crippen molar-refractivity contribution in [2.45, 2.75) is 11.6 Å². The Balaban J connectivity index is 3.05. The zero-order valence-corrected chi connectivity index (χ0v) is 7.09. The van der Waals surface area contributed by atoms with Crippen LogP contribution in [-0.4, -0.2) is 16.0 Å². The molecule has 1 aromatic heterocycles. The number of thioether (sulfide) groups is 1. The smallest absolute Gasteiger partial charge is 0.195 e. The molecular formula is C5H4ClF2N2S. The summed E-state index contributed by atoms with van der Waals surface area (Å²) in [5.74, 6) is 0. The van der Waals surface area contributed by atoms with Gasteiger partial charge in [-0.05, 0) is 6.26 Å². The molecule has 0 bridgehead atoms. The zero-order valence-electron chi connectivity index (χ0n) is 5.51.